The summed E-state index contributed by atoms with van der Waals surface area (Å²) in [5.74, 6) is -1.21. The summed E-state index contributed by atoms with van der Waals surface area (Å²) >= 11 is 0. The number of ether oxygens (including phenoxy) is 2. The zero-order valence-electron chi connectivity index (χ0n) is 16.3. The summed E-state index contributed by atoms with van der Waals surface area (Å²) in [5.41, 5.74) is -0.535. The van der Waals surface area contributed by atoms with Gasteiger partial charge in [-0.3, -0.25) is 4.79 Å². The second-order valence-corrected chi connectivity index (χ2v) is 6.50. The molecule has 8 heteroatoms. The van der Waals surface area contributed by atoms with Crippen LogP contribution >= 0.6 is 0 Å². The third-order valence-electron chi connectivity index (χ3n) is 4.33. The summed E-state index contributed by atoms with van der Waals surface area (Å²) in [4.78, 5) is 25.5. The Morgan fingerprint density at radius 1 is 0.903 bits per heavy atom. The number of nitrogens with one attached hydrogen (secondary N) is 1. The summed E-state index contributed by atoms with van der Waals surface area (Å²) in [6.07, 6.45) is -5.99. The lowest BCUT2D eigenvalue weighted by atomic mass is 10.1. The number of methoxy groups -OCH3 is 1. The third kappa shape index (κ3) is 5.63. The van der Waals surface area contributed by atoms with E-state index in [1.807, 2.05) is 0 Å². The first-order valence-electron chi connectivity index (χ1n) is 9.16. The molecule has 3 aromatic carbocycles. The minimum atomic E-state index is -4.61. The van der Waals surface area contributed by atoms with E-state index in [-0.39, 0.29) is 5.56 Å². The fraction of sp³-hybridized carbons (Fsp3) is 0.130. The van der Waals surface area contributed by atoms with Crippen molar-refractivity contribution in [1.82, 2.24) is 0 Å². The zero-order chi connectivity index (χ0) is 22.4. The first kappa shape index (κ1) is 21.9. The van der Waals surface area contributed by atoms with Gasteiger partial charge in [0, 0.05) is 17.3 Å². The molecule has 1 N–H and O–H groups in total. The van der Waals surface area contributed by atoms with E-state index < -0.39 is 29.7 Å². The maximum atomic E-state index is 13.0. The number of amides is 1. The Labute approximate surface area is 176 Å². The molecule has 0 aromatic heterocycles. The van der Waals surface area contributed by atoms with Crippen LogP contribution in [0, 0.1) is 0 Å². The van der Waals surface area contributed by atoms with E-state index >= 15 is 0 Å². The lowest BCUT2D eigenvalue weighted by molar-refractivity contribution is -0.137. The standard InChI is InChI=1S/C23H18F3NO4/c1-30-19-12-6-11-18(14-19)27-21(28)20(15-7-3-2-4-8-15)31-22(29)16-9-5-10-17(13-16)23(24,25)26/h2-14,20H,1H3,(H,27,28). The first-order valence-corrected chi connectivity index (χ1v) is 9.16. The number of rotatable bonds is 6. The van der Waals surface area contributed by atoms with Crippen molar-refractivity contribution >= 4 is 17.6 Å². The van der Waals surface area contributed by atoms with Gasteiger partial charge in [-0.25, -0.2) is 4.79 Å². The van der Waals surface area contributed by atoms with Gasteiger partial charge >= 0.3 is 12.1 Å². The summed E-state index contributed by atoms with van der Waals surface area (Å²) in [6, 6.07) is 18.6. The molecule has 0 bridgehead atoms. The molecular formula is C23H18F3NO4. The number of benzene rings is 3. The van der Waals surface area contributed by atoms with Gasteiger partial charge in [0.15, 0.2) is 0 Å². The molecule has 1 amide bonds. The number of hydrogen-bond donors (Lipinski definition) is 1. The molecule has 0 spiro atoms. The molecule has 0 saturated heterocycles. The Hall–Kier alpha value is -3.81. The second kappa shape index (κ2) is 9.34. The monoisotopic (exact) mass is 429 g/mol. The topological polar surface area (TPSA) is 64.6 Å². The fourth-order valence-electron chi connectivity index (χ4n) is 2.81. The van der Waals surface area contributed by atoms with E-state index in [9.17, 15) is 22.8 Å². The second-order valence-electron chi connectivity index (χ2n) is 6.50. The van der Waals surface area contributed by atoms with E-state index in [0.717, 1.165) is 12.1 Å². The van der Waals surface area contributed by atoms with Gasteiger partial charge in [-0.05, 0) is 30.3 Å². The molecule has 0 heterocycles. The molecule has 0 aliphatic rings. The van der Waals surface area contributed by atoms with Crippen LogP contribution in [0.15, 0.2) is 78.9 Å². The van der Waals surface area contributed by atoms with Gasteiger partial charge in [0.05, 0.1) is 18.2 Å². The van der Waals surface area contributed by atoms with Crippen LogP contribution in [0.5, 0.6) is 5.75 Å². The van der Waals surface area contributed by atoms with Gasteiger partial charge in [0.1, 0.15) is 5.75 Å². The van der Waals surface area contributed by atoms with E-state index in [0.29, 0.717) is 23.1 Å². The van der Waals surface area contributed by atoms with Crippen molar-refractivity contribution in [2.24, 2.45) is 0 Å². The fourth-order valence-corrected chi connectivity index (χ4v) is 2.81. The molecule has 0 radical (unpaired) electrons. The SMILES string of the molecule is COc1cccc(NC(=O)C(OC(=O)c2cccc(C(F)(F)F)c2)c2ccccc2)c1. The van der Waals surface area contributed by atoms with Crippen molar-refractivity contribution in [1.29, 1.82) is 0 Å². The van der Waals surface area contributed by atoms with Gasteiger partial charge in [0.25, 0.3) is 5.91 Å². The van der Waals surface area contributed by atoms with Gasteiger partial charge in [-0.2, -0.15) is 13.2 Å². The Bertz CT molecular complexity index is 1070. The number of halogens is 3. The Kier molecular flexibility index (Phi) is 6.59. The van der Waals surface area contributed by atoms with E-state index in [2.05, 4.69) is 5.32 Å². The average Bonchev–Trinajstić information content (AvgIpc) is 2.77. The van der Waals surface area contributed by atoms with Crippen molar-refractivity contribution in [3.63, 3.8) is 0 Å². The van der Waals surface area contributed by atoms with E-state index in [1.165, 1.54) is 13.2 Å². The summed E-state index contributed by atoms with van der Waals surface area (Å²) in [7, 11) is 1.48. The Morgan fingerprint density at radius 3 is 2.29 bits per heavy atom. The van der Waals surface area contributed by atoms with E-state index in [1.54, 1.807) is 54.6 Å². The smallest absolute Gasteiger partial charge is 0.416 e. The van der Waals surface area contributed by atoms with Gasteiger partial charge < -0.3 is 14.8 Å². The van der Waals surface area contributed by atoms with Crippen LogP contribution in [0.3, 0.4) is 0 Å². The summed E-state index contributed by atoms with van der Waals surface area (Å²) < 4.78 is 49.3. The number of anilines is 1. The van der Waals surface area contributed by atoms with Crippen LogP contribution < -0.4 is 10.1 Å². The van der Waals surface area contributed by atoms with Gasteiger partial charge in [0.2, 0.25) is 6.10 Å². The summed E-state index contributed by atoms with van der Waals surface area (Å²) in [5, 5.41) is 2.63. The highest BCUT2D eigenvalue weighted by Crippen LogP contribution is 2.30. The molecule has 0 fully saturated rings. The predicted octanol–water partition coefficient (Wildman–Crippen LogP) is 5.25. The number of carbonyl (C=O) groups excluding carboxylic acids is 2. The first-order chi connectivity index (χ1) is 14.8. The quantitative estimate of drug-likeness (QED) is 0.544. The summed E-state index contributed by atoms with van der Waals surface area (Å²) in [6.45, 7) is 0. The molecule has 31 heavy (non-hydrogen) atoms. The van der Waals surface area contributed by atoms with Crippen molar-refractivity contribution in [2.45, 2.75) is 12.3 Å². The van der Waals surface area contributed by atoms with Gasteiger partial charge in [-0.15, -0.1) is 0 Å². The van der Waals surface area contributed by atoms with Crippen molar-refractivity contribution in [2.75, 3.05) is 12.4 Å². The van der Waals surface area contributed by atoms with Crippen LogP contribution in [0.4, 0.5) is 18.9 Å². The molecular weight excluding hydrogens is 411 g/mol. The molecule has 0 saturated carbocycles. The molecule has 160 valence electrons. The maximum Gasteiger partial charge on any atom is 0.416 e. The number of alkyl halides is 3. The van der Waals surface area contributed by atoms with Crippen molar-refractivity contribution < 1.29 is 32.2 Å². The van der Waals surface area contributed by atoms with Crippen LogP contribution in [-0.4, -0.2) is 19.0 Å². The molecule has 1 atom stereocenters. The molecule has 3 rings (SSSR count). The maximum absolute atomic E-state index is 13.0. The van der Waals surface area contributed by atoms with Crippen molar-refractivity contribution in [3.05, 3.63) is 95.6 Å². The average molecular weight is 429 g/mol. The lowest BCUT2D eigenvalue weighted by Crippen LogP contribution is -2.26. The van der Waals surface area contributed by atoms with Crippen LogP contribution in [0.25, 0.3) is 0 Å². The van der Waals surface area contributed by atoms with Crippen LogP contribution in [0.2, 0.25) is 0 Å². The third-order valence-corrected chi connectivity index (χ3v) is 4.33. The molecule has 0 aliphatic carbocycles. The van der Waals surface area contributed by atoms with Crippen LogP contribution in [-0.2, 0) is 15.7 Å². The van der Waals surface area contributed by atoms with Crippen molar-refractivity contribution in [3.8, 4) is 5.75 Å². The number of carbonyl (C=O) groups is 2. The van der Waals surface area contributed by atoms with E-state index in [4.69, 9.17) is 9.47 Å². The number of hydrogen-bond acceptors (Lipinski definition) is 4. The Balaban J connectivity index is 1.86. The van der Waals surface area contributed by atoms with Gasteiger partial charge in [-0.1, -0.05) is 42.5 Å². The minimum absolute atomic E-state index is 0.315. The highest BCUT2D eigenvalue weighted by molar-refractivity contribution is 5.98. The lowest BCUT2D eigenvalue weighted by Gasteiger charge is -2.19. The Morgan fingerprint density at radius 2 is 1.61 bits per heavy atom. The molecule has 1 unspecified atom stereocenters. The highest BCUT2D eigenvalue weighted by atomic mass is 19.4. The molecule has 5 nitrogen and oxygen atoms in total. The van der Waals surface area contributed by atoms with Crippen LogP contribution in [0.1, 0.15) is 27.6 Å². The normalized spacial score (nSPS) is 12.0. The molecule has 3 aromatic rings. The zero-order valence-corrected chi connectivity index (χ0v) is 16.3. The minimum Gasteiger partial charge on any atom is -0.497 e. The highest BCUT2D eigenvalue weighted by Gasteiger charge is 2.32. The molecule has 0 aliphatic heterocycles. The predicted molar refractivity (Wildman–Crippen MR) is 108 cm³/mol. The largest absolute Gasteiger partial charge is 0.497 e. The number of esters is 1.